The number of nitrogens with zero attached hydrogens (tertiary/aromatic N) is 5. The van der Waals surface area contributed by atoms with E-state index in [2.05, 4.69) is 27.3 Å². The SMILES string of the molecule is C=NCC1(n2cc(C(CC3CCCCC3)NC(=O)N3CCOCC3)nn2)CC1. The number of aromatic nitrogens is 3. The molecule has 4 rings (SSSR count). The predicted molar refractivity (Wildman–Crippen MR) is 107 cm³/mol. The predicted octanol–water partition coefficient (Wildman–Crippen LogP) is 2.52. The van der Waals surface area contributed by atoms with E-state index in [-0.39, 0.29) is 17.6 Å². The van der Waals surface area contributed by atoms with Crippen LogP contribution in [0.15, 0.2) is 11.2 Å². The molecular weight excluding hydrogens is 356 g/mol. The lowest BCUT2D eigenvalue weighted by atomic mass is 9.84. The number of ether oxygens (including phenoxy) is 1. The van der Waals surface area contributed by atoms with Crippen molar-refractivity contribution in [1.82, 2.24) is 25.2 Å². The lowest BCUT2D eigenvalue weighted by molar-refractivity contribution is 0.0521. The van der Waals surface area contributed by atoms with Crippen molar-refractivity contribution in [3.8, 4) is 0 Å². The summed E-state index contributed by atoms with van der Waals surface area (Å²) < 4.78 is 7.32. The van der Waals surface area contributed by atoms with E-state index in [1.54, 1.807) is 0 Å². The van der Waals surface area contributed by atoms with Crippen molar-refractivity contribution in [3.63, 3.8) is 0 Å². The first-order valence-electron chi connectivity index (χ1n) is 10.7. The normalized spacial score (nSPS) is 23.2. The van der Waals surface area contributed by atoms with Crippen molar-refractivity contribution < 1.29 is 9.53 Å². The maximum absolute atomic E-state index is 12.8. The Kier molecular flexibility index (Phi) is 5.94. The van der Waals surface area contributed by atoms with Crippen molar-refractivity contribution in [3.05, 3.63) is 11.9 Å². The number of amides is 2. The fourth-order valence-electron chi connectivity index (χ4n) is 4.50. The quantitative estimate of drug-likeness (QED) is 0.728. The number of nitrogens with one attached hydrogen (secondary N) is 1. The van der Waals surface area contributed by atoms with Crippen molar-refractivity contribution in [1.29, 1.82) is 0 Å². The summed E-state index contributed by atoms with van der Waals surface area (Å²) in [6, 6.07) is -0.118. The van der Waals surface area contributed by atoms with Crippen LogP contribution in [0, 0.1) is 5.92 Å². The fourth-order valence-corrected chi connectivity index (χ4v) is 4.50. The van der Waals surface area contributed by atoms with Crippen molar-refractivity contribution >= 4 is 12.7 Å². The molecule has 2 aliphatic carbocycles. The lowest BCUT2D eigenvalue weighted by Gasteiger charge is -2.31. The van der Waals surface area contributed by atoms with Crippen LogP contribution in [0.4, 0.5) is 4.79 Å². The maximum Gasteiger partial charge on any atom is 0.318 e. The van der Waals surface area contributed by atoms with Crippen LogP contribution < -0.4 is 5.32 Å². The number of carbonyl (C=O) groups excluding carboxylic acids is 1. The molecule has 0 spiro atoms. The monoisotopic (exact) mass is 388 g/mol. The van der Waals surface area contributed by atoms with Gasteiger partial charge in [-0.05, 0) is 31.9 Å². The highest BCUT2D eigenvalue weighted by molar-refractivity contribution is 5.74. The van der Waals surface area contributed by atoms with Gasteiger partial charge in [-0.25, -0.2) is 9.48 Å². The molecular formula is C20H32N6O2. The summed E-state index contributed by atoms with van der Waals surface area (Å²) in [6.45, 7) is 6.80. The number of aliphatic imine (C=N–C) groups is 1. The van der Waals surface area contributed by atoms with Gasteiger partial charge in [0.05, 0.1) is 37.5 Å². The van der Waals surface area contributed by atoms with E-state index in [4.69, 9.17) is 4.74 Å². The van der Waals surface area contributed by atoms with Gasteiger partial charge in [-0.1, -0.05) is 37.3 Å². The molecule has 3 fully saturated rings. The topological polar surface area (TPSA) is 84.6 Å². The molecule has 1 aromatic rings. The molecule has 2 saturated carbocycles. The standard InChI is InChI=1S/C20H32N6O2/c1-21-15-20(7-8-20)26-14-18(23-24-26)17(13-16-5-3-2-4-6-16)22-19(27)25-9-11-28-12-10-25/h14,16-17H,1-13,15H2,(H,22,27). The highest BCUT2D eigenvalue weighted by Gasteiger charge is 2.46. The highest BCUT2D eigenvalue weighted by Crippen LogP contribution is 2.43. The summed E-state index contributed by atoms with van der Waals surface area (Å²) in [4.78, 5) is 18.7. The summed E-state index contributed by atoms with van der Waals surface area (Å²) in [7, 11) is 0. The average Bonchev–Trinajstić information content (AvgIpc) is 3.34. The fraction of sp³-hybridized carbons (Fsp3) is 0.800. The number of urea groups is 1. The molecule has 1 saturated heterocycles. The zero-order chi connectivity index (χ0) is 19.4. The van der Waals surface area contributed by atoms with Crippen LogP contribution in [0.2, 0.25) is 0 Å². The molecule has 3 aliphatic rings. The molecule has 1 aromatic heterocycles. The Labute approximate surface area is 166 Å². The van der Waals surface area contributed by atoms with E-state index in [0.717, 1.165) is 25.0 Å². The molecule has 8 heteroatoms. The van der Waals surface area contributed by atoms with Crippen LogP contribution in [0.5, 0.6) is 0 Å². The molecule has 8 nitrogen and oxygen atoms in total. The lowest BCUT2D eigenvalue weighted by Crippen LogP contribution is -2.47. The highest BCUT2D eigenvalue weighted by atomic mass is 16.5. The third kappa shape index (κ3) is 4.37. The van der Waals surface area contributed by atoms with Crippen LogP contribution >= 0.6 is 0 Å². The number of hydrogen-bond donors (Lipinski definition) is 1. The van der Waals surface area contributed by atoms with Crippen LogP contribution in [0.3, 0.4) is 0 Å². The summed E-state index contributed by atoms with van der Waals surface area (Å²) >= 11 is 0. The Balaban J connectivity index is 1.48. The molecule has 1 aliphatic heterocycles. The van der Waals surface area contributed by atoms with E-state index in [1.807, 2.05) is 15.8 Å². The summed E-state index contributed by atoms with van der Waals surface area (Å²) in [6.07, 6.45) is 11.4. The summed E-state index contributed by atoms with van der Waals surface area (Å²) in [5, 5.41) is 12.1. The molecule has 0 bridgehead atoms. The van der Waals surface area contributed by atoms with Gasteiger partial charge in [0.2, 0.25) is 0 Å². The van der Waals surface area contributed by atoms with E-state index < -0.39 is 0 Å². The minimum atomic E-state index is -0.0975. The van der Waals surface area contributed by atoms with E-state index in [0.29, 0.717) is 38.8 Å². The molecule has 2 heterocycles. The van der Waals surface area contributed by atoms with Crippen LogP contribution in [-0.2, 0) is 10.3 Å². The Hall–Kier alpha value is -1.96. The molecule has 0 radical (unpaired) electrons. The summed E-state index contributed by atoms with van der Waals surface area (Å²) in [5.74, 6) is 0.638. The van der Waals surface area contributed by atoms with Gasteiger partial charge in [-0.2, -0.15) is 0 Å². The molecule has 1 atom stereocenters. The average molecular weight is 389 g/mol. The van der Waals surface area contributed by atoms with Gasteiger partial charge in [0.1, 0.15) is 5.69 Å². The smallest absolute Gasteiger partial charge is 0.318 e. The first-order valence-corrected chi connectivity index (χ1v) is 10.7. The van der Waals surface area contributed by atoms with Gasteiger partial charge in [0, 0.05) is 13.1 Å². The first-order chi connectivity index (χ1) is 13.7. The van der Waals surface area contributed by atoms with E-state index >= 15 is 0 Å². The largest absolute Gasteiger partial charge is 0.378 e. The van der Waals surface area contributed by atoms with Gasteiger partial charge in [0.25, 0.3) is 0 Å². The van der Waals surface area contributed by atoms with E-state index in [1.165, 1.54) is 32.1 Å². The zero-order valence-corrected chi connectivity index (χ0v) is 16.7. The van der Waals surface area contributed by atoms with Crippen molar-refractivity contribution in [2.45, 2.75) is 62.9 Å². The Bertz CT molecular complexity index is 674. The van der Waals surface area contributed by atoms with Gasteiger partial charge >= 0.3 is 6.03 Å². The maximum atomic E-state index is 12.8. The molecule has 154 valence electrons. The van der Waals surface area contributed by atoms with Crippen molar-refractivity contribution in [2.24, 2.45) is 10.9 Å². The molecule has 1 N–H and O–H groups in total. The Morgan fingerprint density at radius 3 is 2.75 bits per heavy atom. The minimum Gasteiger partial charge on any atom is -0.378 e. The second-order valence-electron chi connectivity index (χ2n) is 8.54. The second-order valence-corrected chi connectivity index (χ2v) is 8.54. The number of morpholine rings is 1. The third-order valence-electron chi connectivity index (χ3n) is 6.48. The number of carbonyl (C=O) groups is 1. The van der Waals surface area contributed by atoms with E-state index in [9.17, 15) is 4.79 Å². The second kappa shape index (κ2) is 8.59. The van der Waals surface area contributed by atoms with Gasteiger partial charge in [-0.3, -0.25) is 4.99 Å². The Morgan fingerprint density at radius 2 is 2.07 bits per heavy atom. The molecule has 0 aromatic carbocycles. The summed E-state index contributed by atoms with van der Waals surface area (Å²) in [5.41, 5.74) is 0.818. The van der Waals surface area contributed by atoms with Crippen LogP contribution in [0.25, 0.3) is 0 Å². The Morgan fingerprint density at radius 1 is 1.32 bits per heavy atom. The minimum absolute atomic E-state index is 0.0208. The molecule has 28 heavy (non-hydrogen) atoms. The molecule has 1 unspecified atom stereocenters. The number of hydrogen-bond acceptors (Lipinski definition) is 5. The van der Waals surface area contributed by atoms with Crippen LogP contribution in [-0.4, -0.2) is 65.5 Å². The van der Waals surface area contributed by atoms with Gasteiger partial charge in [0.15, 0.2) is 0 Å². The third-order valence-corrected chi connectivity index (χ3v) is 6.48. The first kappa shape index (κ1) is 19.4. The van der Waals surface area contributed by atoms with Crippen molar-refractivity contribution in [2.75, 3.05) is 32.8 Å². The van der Waals surface area contributed by atoms with Gasteiger partial charge < -0.3 is 15.0 Å². The number of rotatable bonds is 7. The zero-order valence-electron chi connectivity index (χ0n) is 16.7. The van der Waals surface area contributed by atoms with Crippen LogP contribution in [0.1, 0.15) is 63.1 Å². The van der Waals surface area contributed by atoms with Gasteiger partial charge in [-0.15, -0.1) is 5.10 Å². The molecule has 2 amide bonds.